The first-order chi connectivity index (χ1) is 21.9. The van der Waals surface area contributed by atoms with Crippen molar-refractivity contribution in [2.24, 2.45) is 0 Å². The van der Waals surface area contributed by atoms with Crippen LogP contribution in [0, 0.1) is 12.3 Å². The number of fused-ring (bicyclic) bond motifs is 1. The van der Waals surface area contributed by atoms with Gasteiger partial charge >= 0.3 is 0 Å². The summed E-state index contributed by atoms with van der Waals surface area (Å²) in [7, 11) is 0. The van der Waals surface area contributed by atoms with Crippen molar-refractivity contribution in [2.45, 2.75) is 13.5 Å². The SMILES string of the molecule is [2H]C#Cc1cc(Nc2ncnc3cc(OCC)c(NC(=O)/C=C/CN(C([2H])([2H])[2H])C([2H])([2H])[2H])cc23)ccc1OCc1ccccn1. The van der Waals surface area contributed by atoms with Crippen LogP contribution < -0.4 is 20.1 Å². The van der Waals surface area contributed by atoms with Crippen molar-refractivity contribution in [2.75, 3.05) is 37.7 Å². The van der Waals surface area contributed by atoms with E-state index >= 15 is 0 Å². The van der Waals surface area contributed by atoms with Gasteiger partial charge in [0.05, 0.1) is 29.1 Å². The predicted molar refractivity (Wildman–Crippen MR) is 153 cm³/mol. The van der Waals surface area contributed by atoms with Crippen molar-refractivity contribution in [3.63, 3.8) is 0 Å². The molecule has 1 amide bonds. The summed E-state index contributed by atoms with van der Waals surface area (Å²) >= 11 is 0. The molecule has 0 saturated heterocycles. The first kappa shape index (κ1) is 19.2. The molecule has 0 radical (unpaired) electrons. The molecule has 9 nitrogen and oxygen atoms in total. The van der Waals surface area contributed by atoms with E-state index in [9.17, 15) is 4.79 Å². The maximum absolute atomic E-state index is 12.8. The van der Waals surface area contributed by atoms with Crippen LogP contribution >= 0.6 is 0 Å². The summed E-state index contributed by atoms with van der Waals surface area (Å²) in [4.78, 5) is 26.1. The lowest BCUT2D eigenvalue weighted by molar-refractivity contribution is -0.111. The van der Waals surface area contributed by atoms with Crippen LogP contribution in [0.3, 0.4) is 0 Å². The van der Waals surface area contributed by atoms with Crippen molar-refractivity contribution in [3.05, 3.63) is 84.5 Å². The fraction of sp³-hybridized carbons (Fsp3) is 0.200. The molecule has 9 heteroatoms. The Morgan fingerprint density at radius 2 is 2.08 bits per heavy atom. The fourth-order valence-corrected chi connectivity index (χ4v) is 3.60. The van der Waals surface area contributed by atoms with Gasteiger partial charge in [-0.15, -0.1) is 6.40 Å². The summed E-state index contributed by atoms with van der Waals surface area (Å²) in [6, 6.07) is 14.0. The number of pyridine rings is 1. The topological polar surface area (TPSA) is 102 Å². The average molecular weight is 530 g/mol. The number of aromatic nitrogens is 3. The van der Waals surface area contributed by atoms with E-state index in [4.69, 9.17) is 19.1 Å². The van der Waals surface area contributed by atoms with Gasteiger partial charge in [-0.2, -0.15) is 0 Å². The summed E-state index contributed by atoms with van der Waals surface area (Å²) in [6.45, 7) is -3.96. The normalized spacial score (nSPS) is 14.1. The third-order valence-corrected chi connectivity index (χ3v) is 5.33. The lowest BCUT2D eigenvalue weighted by atomic mass is 10.1. The number of nitrogens with zero attached hydrogens (tertiary/aromatic N) is 4. The number of rotatable bonds is 11. The molecular formula is C30H30N6O3. The van der Waals surface area contributed by atoms with Gasteiger partial charge in [0.2, 0.25) is 5.91 Å². The number of carbonyl (C=O) groups excluding carboxylic acids is 1. The van der Waals surface area contributed by atoms with Crippen LogP contribution in [-0.4, -0.2) is 52.9 Å². The van der Waals surface area contributed by atoms with Crippen LogP contribution in [0.25, 0.3) is 10.9 Å². The molecule has 0 aliphatic carbocycles. The summed E-state index contributed by atoms with van der Waals surface area (Å²) in [6.07, 6.45) is 7.41. The Hall–Kier alpha value is -4.94. The van der Waals surface area contributed by atoms with Crippen LogP contribution in [0.4, 0.5) is 17.2 Å². The second-order valence-corrected chi connectivity index (χ2v) is 8.09. The van der Waals surface area contributed by atoms with Crippen molar-refractivity contribution in [1.29, 1.82) is 0 Å². The molecule has 0 aliphatic heterocycles. The molecule has 0 fully saturated rings. The van der Waals surface area contributed by atoms with Gasteiger partial charge in [-0.3, -0.25) is 9.78 Å². The van der Waals surface area contributed by atoms with Crippen molar-refractivity contribution >= 4 is 34.0 Å². The minimum absolute atomic E-state index is 0.222. The zero-order valence-electron chi connectivity index (χ0n) is 28.1. The van der Waals surface area contributed by atoms with E-state index in [0.717, 1.165) is 17.8 Å². The Bertz CT molecular complexity index is 1760. The maximum Gasteiger partial charge on any atom is 0.248 e. The second kappa shape index (κ2) is 13.0. The summed E-state index contributed by atoms with van der Waals surface area (Å²) in [5.74, 6) is 3.30. The number of likely N-dealkylation sites (N-methyl/N-ethyl adjacent to an activating group) is 1. The molecule has 4 aromatic rings. The van der Waals surface area contributed by atoms with E-state index in [-0.39, 0.29) is 12.3 Å². The van der Waals surface area contributed by atoms with E-state index in [2.05, 4.69) is 37.9 Å². The minimum Gasteiger partial charge on any atom is -0.492 e. The van der Waals surface area contributed by atoms with Crippen molar-refractivity contribution < 1.29 is 23.9 Å². The van der Waals surface area contributed by atoms with Gasteiger partial charge in [-0.05, 0) is 57.3 Å². The van der Waals surface area contributed by atoms with Crippen LogP contribution in [0.5, 0.6) is 11.5 Å². The molecule has 4 rings (SSSR count). The lowest BCUT2D eigenvalue weighted by Gasteiger charge is -2.15. The molecule has 198 valence electrons. The Morgan fingerprint density at radius 3 is 2.87 bits per heavy atom. The monoisotopic (exact) mass is 529 g/mol. The smallest absolute Gasteiger partial charge is 0.248 e. The molecule has 2 aromatic carbocycles. The number of hydrogen-bond donors (Lipinski definition) is 2. The largest absolute Gasteiger partial charge is 0.492 e. The summed E-state index contributed by atoms with van der Waals surface area (Å²) in [5.41, 5.74) is 2.60. The highest BCUT2D eigenvalue weighted by atomic mass is 16.5. The van der Waals surface area contributed by atoms with E-state index < -0.39 is 26.4 Å². The second-order valence-electron chi connectivity index (χ2n) is 8.09. The van der Waals surface area contributed by atoms with Gasteiger partial charge < -0.3 is 25.0 Å². The van der Waals surface area contributed by atoms with Crippen LogP contribution in [-0.2, 0) is 11.4 Å². The third kappa shape index (κ3) is 7.31. The predicted octanol–water partition coefficient (Wildman–Crippen LogP) is 4.78. The average Bonchev–Trinajstić information content (AvgIpc) is 2.99. The minimum atomic E-state index is -2.88. The summed E-state index contributed by atoms with van der Waals surface area (Å²) in [5, 5.41) is 6.45. The molecule has 0 unspecified atom stereocenters. The third-order valence-electron chi connectivity index (χ3n) is 5.33. The van der Waals surface area contributed by atoms with E-state index in [1.54, 1.807) is 43.5 Å². The molecule has 0 saturated carbocycles. The van der Waals surface area contributed by atoms with E-state index in [1.165, 1.54) is 6.33 Å². The molecule has 2 aromatic heterocycles. The van der Waals surface area contributed by atoms with E-state index in [1.807, 2.05) is 18.2 Å². The highest BCUT2D eigenvalue weighted by molar-refractivity contribution is 6.03. The number of carbonyl (C=O) groups is 1. The van der Waals surface area contributed by atoms with Crippen LogP contribution in [0.2, 0.25) is 0 Å². The maximum atomic E-state index is 12.8. The molecule has 0 bridgehead atoms. The van der Waals surface area contributed by atoms with Crippen molar-refractivity contribution in [3.8, 4) is 23.8 Å². The lowest BCUT2D eigenvalue weighted by Crippen LogP contribution is -2.13. The van der Waals surface area contributed by atoms with Gasteiger partial charge in [-0.25, -0.2) is 9.97 Å². The van der Waals surface area contributed by atoms with Gasteiger partial charge in [0.1, 0.15) is 31.6 Å². The molecule has 0 aliphatic rings. The number of anilines is 3. The number of benzene rings is 2. The number of hydrogen-bond acceptors (Lipinski definition) is 8. The molecule has 0 spiro atoms. The quantitative estimate of drug-likeness (QED) is 0.211. The highest BCUT2D eigenvalue weighted by Crippen LogP contribution is 2.34. The molecular weight excluding hydrogens is 492 g/mol. The molecule has 0 atom stereocenters. The molecule has 2 N–H and O–H groups in total. The van der Waals surface area contributed by atoms with Crippen molar-refractivity contribution in [1.82, 2.24) is 19.9 Å². The van der Waals surface area contributed by atoms with Crippen LogP contribution in [0.15, 0.2) is 73.2 Å². The van der Waals surface area contributed by atoms with E-state index in [0.29, 0.717) is 51.0 Å². The Morgan fingerprint density at radius 1 is 1.15 bits per heavy atom. The molecule has 2 heterocycles. The van der Waals surface area contributed by atoms with Gasteiger partial charge in [0.15, 0.2) is 0 Å². The van der Waals surface area contributed by atoms with Gasteiger partial charge in [-0.1, -0.05) is 18.1 Å². The zero-order valence-corrected chi connectivity index (χ0v) is 21.1. The number of amides is 1. The van der Waals surface area contributed by atoms with Crippen LogP contribution in [0.1, 0.15) is 27.8 Å². The van der Waals surface area contributed by atoms with Gasteiger partial charge in [0, 0.05) is 44.2 Å². The summed E-state index contributed by atoms with van der Waals surface area (Å²) < 4.78 is 63.8. The Labute approximate surface area is 237 Å². The number of nitrogens with one attached hydrogen (secondary N) is 2. The number of terminal acetylenes is 1. The Balaban J connectivity index is 1.58. The number of ether oxygens (including phenoxy) is 2. The Kier molecular flexibility index (Phi) is 6.41. The van der Waals surface area contributed by atoms with Gasteiger partial charge in [0.25, 0.3) is 0 Å². The highest BCUT2D eigenvalue weighted by Gasteiger charge is 2.14. The molecule has 39 heavy (non-hydrogen) atoms. The standard InChI is InChI=1S/C30H30N6O3/c1-5-21-16-22(12-13-27(21)39-19-23-10-7-8-14-31-23)34-30-24-17-26(35-29(37)11-9-15-36(3)4)28(38-6-2)18-25(24)32-20-33-30/h1,7-14,16-18,20H,6,15,19H2,2-4H3,(H,35,37)(H,32,33,34)/b11-9+/i1D,3D3,4D3. The first-order valence-corrected chi connectivity index (χ1v) is 11.9. The zero-order chi connectivity index (χ0) is 33.3. The fourth-order valence-electron chi connectivity index (χ4n) is 3.60. The first-order valence-electron chi connectivity index (χ1n) is 15.4.